The van der Waals surface area contributed by atoms with Crippen LogP contribution in [0.15, 0.2) is 29.1 Å². The van der Waals surface area contributed by atoms with E-state index in [1.807, 2.05) is 0 Å². The van der Waals surface area contributed by atoms with Crippen LogP contribution >= 0.6 is 0 Å². The SMILES string of the molecule is COC(=O)Cn1c(=O)c(C=O)nc2ccccc21. The monoisotopic (exact) mass is 246 g/mol. The summed E-state index contributed by atoms with van der Waals surface area (Å²) in [5.41, 5.74) is 0.133. The summed E-state index contributed by atoms with van der Waals surface area (Å²) in [6.07, 6.45) is 0.378. The van der Waals surface area contributed by atoms with Gasteiger partial charge in [-0.25, -0.2) is 4.98 Å². The van der Waals surface area contributed by atoms with Crippen molar-refractivity contribution >= 4 is 23.3 Å². The third kappa shape index (κ3) is 2.00. The molecule has 1 aromatic heterocycles. The summed E-state index contributed by atoms with van der Waals surface area (Å²) in [5, 5.41) is 0. The molecule has 0 aliphatic rings. The van der Waals surface area contributed by atoms with Gasteiger partial charge in [0.25, 0.3) is 5.56 Å². The van der Waals surface area contributed by atoms with Crippen molar-refractivity contribution in [2.45, 2.75) is 6.54 Å². The van der Waals surface area contributed by atoms with Gasteiger partial charge in [-0.2, -0.15) is 0 Å². The average molecular weight is 246 g/mol. The number of methoxy groups -OCH3 is 1. The molecule has 0 aliphatic carbocycles. The molecule has 0 atom stereocenters. The van der Waals surface area contributed by atoms with E-state index in [0.717, 1.165) is 0 Å². The number of hydrogen-bond acceptors (Lipinski definition) is 5. The molecule has 0 radical (unpaired) electrons. The molecular weight excluding hydrogens is 236 g/mol. The lowest BCUT2D eigenvalue weighted by molar-refractivity contribution is -0.141. The van der Waals surface area contributed by atoms with Crippen LogP contribution in [0, 0.1) is 0 Å². The zero-order chi connectivity index (χ0) is 13.1. The lowest BCUT2D eigenvalue weighted by atomic mass is 10.2. The molecule has 6 heteroatoms. The van der Waals surface area contributed by atoms with E-state index in [9.17, 15) is 14.4 Å². The fourth-order valence-corrected chi connectivity index (χ4v) is 1.64. The summed E-state index contributed by atoms with van der Waals surface area (Å²) in [5.74, 6) is -0.565. The van der Waals surface area contributed by atoms with Crippen LogP contribution in [0.25, 0.3) is 11.0 Å². The van der Waals surface area contributed by atoms with Crippen molar-refractivity contribution in [3.05, 3.63) is 40.3 Å². The molecule has 0 saturated heterocycles. The Labute approximate surface area is 102 Å². The highest BCUT2D eigenvalue weighted by Gasteiger charge is 2.12. The fourth-order valence-electron chi connectivity index (χ4n) is 1.64. The number of benzene rings is 1. The van der Waals surface area contributed by atoms with E-state index in [-0.39, 0.29) is 12.2 Å². The van der Waals surface area contributed by atoms with Crippen LogP contribution in [0.4, 0.5) is 0 Å². The van der Waals surface area contributed by atoms with E-state index in [1.165, 1.54) is 11.7 Å². The van der Waals surface area contributed by atoms with E-state index in [1.54, 1.807) is 24.3 Å². The molecule has 0 bridgehead atoms. The number of aromatic nitrogens is 2. The first-order valence-corrected chi connectivity index (χ1v) is 5.19. The Hall–Kier alpha value is -2.50. The van der Waals surface area contributed by atoms with Gasteiger partial charge in [0.15, 0.2) is 12.0 Å². The fraction of sp³-hybridized carbons (Fsp3) is 0.167. The van der Waals surface area contributed by atoms with E-state index < -0.39 is 11.5 Å². The van der Waals surface area contributed by atoms with Crippen molar-refractivity contribution in [1.82, 2.24) is 9.55 Å². The van der Waals surface area contributed by atoms with Gasteiger partial charge in [0, 0.05) is 0 Å². The van der Waals surface area contributed by atoms with E-state index in [2.05, 4.69) is 9.72 Å². The molecule has 1 aromatic carbocycles. The average Bonchev–Trinajstić information content (AvgIpc) is 2.41. The quantitative estimate of drug-likeness (QED) is 0.578. The Morgan fingerprint density at radius 2 is 2.17 bits per heavy atom. The maximum atomic E-state index is 11.9. The minimum atomic E-state index is -0.603. The van der Waals surface area contributed by atoms with E-state index in [4.69, 9.17) is 0 Å². The molecule has 18 heavy (non-hydrogen) atoms. The van der Waals surface area contributed by atoms with Crippen LogP contribution in [-0.4, -0.2) is 28.9 Å². The number of para-hydroxylation sites is 2. The lowest BCUT2D eigenvalue weighted by Crippen LogP contribution is -2.29. The zero-order valence-electron chi connectivity index (χ0n) is 9.62. The molecule has 0 unspecified atom stereocenters. The smallest absolute Gasteiger partial charge is 0.325 e. The molecule has 6 nitrogen and oxygen atoms in total. The molecule has 0 N–H and O–H groups in total. The first kappa shape index (κ1) is 12.0. The molecule has 92 valence electrons. The van der Waals surface area contributed by atoms with Gasteiger partial charge < -0.3 is 4.74 Å². The Bertz CT molecular complexity index is 675. The second-order valence-corrected chi connectivity index (χ2v) is 3.57. The van der Waals surface area contributed by atoms with Gasteiger partial charge in [0.1, 0.15) is 6.54 Å². The van der Waals surface area contributed by atoms with Gasteiger partial charge >= 0.3 is 5.97 Å². The van der Waals surface area contributed by atoms with Crippen LogP contribution in [-0.2, 0) is 16.1 Å². The van der Waals surface area contributed by atoms with E-state index >= 15 is 0 Å². The topological polar surface area (TPSA) is 78.3 Å². The Balaban J connectivity index is 2.74. The molecular formula is C12H10N2O4. The van der Waals surface area contributed by atoms with Gasteiger partial charge in [-0.05, 0) is 12.1 Å². The maximum Gasteiger partial charge on any atom is 0.325 e. The predicted molar refractivity (Wildman–Crippen MR) is 63.4 cm³/mol. The molecule has 1 heterocycles. The number of carbonyl (C=O) groups excluding carboxylic acids is 2. The van der Waals surface area contributed by atoms with Crippen LogP contribution < -0.4 is 5.56 Å². The summed E-state index contributed by atoms with van der Waals surface area (Å²) in [4.78, 5) is 37.9. The molecule has 0 spiro atoms. The lowest BCUT2D eigenvalue weighted by Gasteiger charge is -2.08. The van der Waals surface area contributed by atoms with Crippen molar-refractivity contribution in [1.29, 1.82) is 0 Å². The zero-order valence-corrected chi connectivity index (χ0v) is 9.62. The highest BCUT2D eigenvalue weighted by atomic mass is 16.5. The van der Waals surface area contributed by atoms with Crippen molar-refractivity contribution in [3.8, 4) is 0 Å². The van der Waals surface area contributed by atoms with Crippen molar-refractivity contribution in [2.75, 3.05) is 7.11 Å². The maximum absolute atomic E-state index is 11.9. The third-order valence-corrected chi connectivity index (χ3v) is 2.50. The molecule has 2 aromatic rings. The standard InChI is InChI=1S/C12H10N2O4/c1-18-11(16)6-14-10-5-3-2-4-8(10)13-9(7-15)12(14)17/h2-5,7H,6H2,1H3. The Morgan fingerprint density at radius 1 is 1.44 bits per heavy atom. The highest BCUT2D eigenvalue weighted by molar-refractivity contribution is 5.81. The van der Waals surface area contributed by atoms with Gasteiger partial charge in [0.05, 0.1) is 18.1 Å². The summed E-state index contributed by atoms with van der Waals surface area (Å²) in [6, 6.07) is 6.77. The molecule has 0 aliphatic heterocycles. The molecule has 0 fully saturated rings. The van der Waals surface area contributed by atoms with Crippen LogP contribution in [0.1, 0.15) is 10.5 Å². The molecule has 0 amide bonds. The molecule has 0 saturated carbocycles. The summed E-state index contributed by atoms with van der Waals surface area (Å²) < 4.78 is 5.70. The Morgan fingerprint density at radius 3 is 2.83 bits per heavy atom. The van der Waals surface area contributed by atoms with Crippen LogP contribution in [0.3, 0.4) is 0 Å². The summed E-state index contributed by atoms with van der Waals surface area (Å²) in [6.45, 7) is -0.251. The number of ether oxygens (including phenoxy) is 1. The van der Waals surface area contributed by atoms with Gasteiger partial charge in [-0.15, -0.1) is 0 Å². The van der Waals surface area contributed by atoms with Crippen LogP contribution in [0.2, 0.25) is 0 Å². The number of carbonyl (C=O) groups is 2. The molecule has 2 rings (SSSR count). The third-order valence-electron chi connectivity index (χ3n) is 2.50. The van der Waals surface area contributed by atoms with E-state index in [0.29, 0.717) is 17.3 Å². The number of fused-ring (bicyclic) bond motifs is 1. The van der Waals surface area contributed by atoms with Crippen molar-refractivity contribution in [3.63, 3.8) is 0 Å². The minimum Gasteiger partial charge on any atom is -0.468 e. The Kier molecular flexibility index (Phi) is 3.18. The summed E-state index contributed by atoms with van der Waals surface area (Å²) in [7, 11) is 1.23. The second-order valence-electron chi connectivity index (χ2n) is 3.57. The normalized spacial score (nSPS) is 10.3. The first-order chi connectivity index (χ1) is 8.67. The number of rotatable bonds is 3. The second kappa shape index (κ2) is 4.79. The van der Waals surface area contributed by atoms with Gasteiger partial charge in [0.2, 0.25) is 0 Å². The first-order valence-electron chi connectivity index (χ1n) is 5.19. The largest absolute Gasteiger partial charge is 0.468 e. The number of hydrogen-bond donors (Lipinski definition) is 0. The van der Waals surface area contributed by atoms with Gasteiger partial charge in [-0.1, -0.05) is 12.1 Å². The highest BCUT2D eigenvalue weighted by Crippen LogP contribution is 2.09. The minimum absolute atomic E-state index is 0.224. The summed E-state index contributed by atoms with van der Waals surface area (Å²) >= 11 is 0. The van der Waals surface area contributed by atoms with Crippen molar-refractivity contribution < 1.29 is 14.3 Å². The van der Waals surface area contributed by atoms with Crippen LogP contribution in [0.5, 0.6) is 0 Å². The predicted octanol–water partition coefficient (Wildman–Crippen LogP) is 0.382. The van der Waals surface area contributed by atoms with Crippen molar-refractivity contribution in [2.24, 2.45) is 0 Å². The number of esters is 1. The number of aldehydes is 1. The van der Waals surface area contributed by atoms with Gasteiger partial charge in [-0.3, -0.25) is 19.0 Å². The number of nitrogens with zero attached hydrogens (tertiary/aromatic N) is 2.